The Balaban J connectivity index is 2.44. The smallest absolute Gasteiger partial charge is 0.191 e. The fraction of sp³-hybridized carbons (Fsp3) is 0.765. The van der Waals surface area contributed by atoms with E-state index in [2.05, 4.69) is 41.5 Å². The number of nitrogens with zero attached hydrogens (tertiary/aromatic N) is 3. The molecule has 0 aliphatic heterocycles. The number of aromatic nitrogens is 2. The maximum atomic E-state index is 9.15. The zero-order valence-corrected chi connectivity index (χ0v) is 14.8. The lowest BCUT2D eigenvalue weighted by Crippen LogP contribution is -2.40. The van der Waals surface area contributed by atoms with E-state index in [1.165, 1.54) is 0 Å². The van der Waals surface area contributed by atoms with Gasteiger partial charge in [-0.1, -0.05) is 20.3 Å². The van der Waals surface area contributed by atoms with Gasteiger partial charge in [-0.3, -0.25) is 9.67 Å². The van der Waals surface area contributed by atoms with Crippen molar-refractivity contribution in [1.29, 1.82) is 0 Å². The van der Waals surface area contributed by atoms with E-state index in [0.29, 0.717) is 11.8 Å². The quantitative estimate of drug-likeness (QED) is 0.429. The van der Waals surface area contributed by atoms with E-state index in [-0.39, 0.29) is 6.61 Å². The molecule has 1 heterocycles. The van der Waals surface area contributed by atoms with Crippen LogP contribution in [0.3, 0.4) is 0 Å². The van der Waals surface area contributed by atoms with Crippen molar-refractivity contribution >= 4 is 5.96 Å². The lowest BCUT2D eigenvalue weighted by Gasteiger charge is -2.18. The van der Waals surface area contributed by atoms with Crippen molar-refractivity contribution in [3.63, 3.8) is 0 Å². The highest BCUT2D eigenvalue weighted by Gasteiger charge is 2.09. The zero-order valence-electron chi connectivity index (χ0n) is 14.8. The number of hydrogen-bond acceptors (Lipinski definition) is 3. The van der Waals surface area contributed by atoms with E-state index in [0.717, 1.165) is 51.4 Å². The molecule has 132 valence electrons. The Morgan fingerprint density at radius 2 is 2.13 bits per heavy atom. The molecule has 6 nitrogen and oxygen atoms in total. The molecule has 6 heteroatoms. The third-order valence-corrected chi connectivity index (χ3v) is 3.76. The SMILES string of the molecule is CCCC(CCO)CNC(=NCC(C)Cn1cccn1)NCC. The normalized spacial score (nSPS) is 14.5. The van der Waals surface area contributed by atoms with Crippen LogP contribution < -0.4 is 10.6 Å². The Kier molecular flexibility index (Phi) is 10.1. The fourth-order valence-corrected chi connectivity index (χ4v) is 2.55. The van der Waals surface area contributed by atoms with Crippen LogP contribution in [0.5, 0.6) is 0 Å². The molecular weight excluding hydrogens is 290 g/mol. The molecule has 0 spiro atoms. The van der Waals surface area contributed by atoms with Crippen LogP contribution in [0.25, 0.3) is 0 Å². The van der Waals surface area contributed by atoms with Gasteiger partial charge in [0, 0.05) is 45.2 Å². The summed E-state index contributed by atoms with van der Waals surface area (Å²) < 4.78 is 1.94. The minimum absolute atomic E-state index is 0.251. The predicted molar refractivity (Wildman–Crippen MR) is 95.5 cm³/mol. The van der Waals surface area contributed by atoms with Crippen LogP contribution in [-0.4, -0.2) is 47.1 Å². The van der Waals surface area contributed by atoms with Crippen molar-refractivity contribution < 1.29 is 5.11 Å². The van der Waals surface area contributed by atoms with E-state index in [4.69, 9.17) is 5.11 Å². The highest BCUT2D eigenvalue weighted by Crippen LogP contribution is 2.09. The summed E-state index contributed by atoms with van der Waals surface area (Å²) in [6.07, 6.45) is 6.89. The molecule has 3 N–H and O–H groups in total. The van der Waals surface area contributed by atoms with Gasteiger partial charge in [0.05, 0.1) is 0 Å². The van der Waals surface area contributed by atoms with Crippen molar-refractivity contribution in [2.45, 2.75) is 46.6 Å². The second kappa shape index (κ2) is 11.9. The zero-order chi connectivity index (χ0) is 16.9. The minimum atomic E-state index is 0.251. The second-order valence-corrected chi connectivity index (χ2v) is 6.10. The molecule has 2 atom stereocenters. The van der Waals surface area contributed by atoms with E-state index >= 15 is 0 Å². The Morgan fingerprint density at radius 1 is 1.30 bits per heavy atom. The molecule has 0 saturated carbocycles. The largest absolute Gasteiger partial charge is 0.396 e. The summed E-state index contributed by atoms with van der Waals surface area (Å²) in [5.74, 6) is 1.78. The van der Waals surface area contributed by atoms with Crippen LogP contribution in [0.15, 0.2) is 23.5 Å². The maximum absolute atomic E-state index is 9.15. The minimum Gasteiger partial charge on any atom is -0.396 e. The Morgan fingerprint density at radius 3 is 2.74 bits per heavy atom. The first-order chi connectivity index (χ1) is 11.2. The lowest BCUT2D eigenvalue weighted by molar-refractivity contribution is 0.251. The molecule has 0 fully saturated rings. The van der Waals surface area contributed by atoms with Crippen LogP contribution in [-0.2, 0) is 6.54 Å². The van der Waals surface area contributed by atoms with Crippen molar-refractivity contribution in [3.8, 4) is 0 Å². The average Bonchev–Trinajstić information content (AvgIpc) is 3.03. The van der Waals surface area contributed by atoms with E-state index in [9.17, 15) is 0 Å². The number of hydrogen-bond donors (Lipinski definition) is 3. The Labute approximate surface area is 140 Å². The van der Waals surface area contributed by atoms with Gasteiger partial charge in [-0.25, -0.2) is 0 Å². The summed E-state index contributed by atoms with van der Waals surface area (Å²) in [6.45, 7) is 10.0. The van der Waals surface area contributed by atoms with Gasteiger partial charge < -0.3 is 15.7 Å². The summed E-state index contributed by atoms with van der Waals surface area (Å²) in [6, 6.07) is 1.94. The van der Waals surface area contributed by atoms with Gasteiger partial charge in [-0.15, -0.1) is 0 Å². The van der Waals surface area contributed by atoms with E-state index in [1.807, 2.05) is 16.9 Å². The van der Waals surface area contributed by atoms with Gasteiger partial charge in [0.15, 0.2) is 5.96 Å². The molecule has 0 bridgehead atoms. The first-order valence-electron chi connectivity index (χ1n) is 8.80. The molecule has 1 rings (SSSR count). The van der Waals surface area contributed by atoms with Crippen molar-refractivity contribution in [3.05, 3.63) is 18.5 Å². The highest BCUT2D eigenvalue weighted by atomic mass is 16.3. The number of aliphatic hydroxyl groups is 1. The van der Waals surface area contributed by atoms with Gasteiger partial charge in [-0.2, -0.15) is 5.10 Å². The first kappa shape index (κ1) is 19.5. The third kappa shape index (κ3) is 8.59. The monoisotopic (exact) mass is 323 g/mol. The fourth-order valence-electron chi connectivity index (χ4n) is 2.55. The highest BCUT2D eigenvalue weighted by molar-refractivity contribution is 5.79. The summed E-state index contributed by atoms with van der Waals surface area (Å²) in [4.78, 5) is 4.68. The van der Waals surface area contributed by atoms with Crippen LogP contribution in [0.2, 0.25) is 0 Å². The molecule has 1 aromatic rings. The molecule has 0 aromatic carbocycles. The number of aliphatic imine (C=N–C) groups is 1. The van der Waals surface area contributed by atoms with Crippen LogP contribution >= 0.6 is 0 Å². The van der Waals surface area contributed by atoms with Gasteiger partial charge in [0.25, 0.3) is 0 Å². The standard InChI is InChI=1S/C17H33N5O/c1-4-7-16(8-11-23)13-20-17(18-5-2)19-12-15(3)14-22-10-6-9-21-22/h6,9-10,15-16,23H,4-5,7-8,11-14H2,1-3H3,(H2,18,19,20). The molecule has 0 radical (unpaired) electrons. The van der Waals surface area contributed by atoms with Crippen LogP contribution in [0.4, 0.5) is 0 Å². The maximum Gasteiger partial charge on any atom is 0.191 e. The third-order valence-electron chi connectivity index (χ3n) is 3.76. The number of aliphatic hydroxyl groups excluding tert-OH is 1. The van der Waals surface area contributed by atoms with E-state index < -0.39 is 0 Å². The molecule has 0 aliphatic rings. The topological polar surface area (TPSA) is 74.5 Å². The molecule has 0 saturated heterocycles. The Hall–Kier alpha value is -1.56. The molecule has 0 aliphatic carbocycles. The first-order valence-corrected chi connectivity index (χ1v) is 8.80. The van der Waals surface area contributed by atoms with Crippen molar-refractivity contribution in [1.82, 2.24) is 20.4 Å². The second-order valence-electron chi connectivity index (χ2n) is 6.10. The number of guanidine groups is 1. The van der Waals surface area contributed by atoms with E-state index in [1.54, 1.807) is 6.20 Å². The van der Waals surface area contributed by atoms with Gasteiger partial charge in [-0.05, 0) is 37.7 Å². The summed E-state index contributed by atoms with van der Waals surface area (Å²) in [5.41, 5.74) is 0. The summed E-state index contributed by atoms with van der Waals surface area (Å²) in [5, 5.41) is 20.1. The van der Waals surface area contributed by atoms with Crippen LogP contribution in [0.1, 0.15) is 40.0 Å². The molecule has 1 aromatic heterocycles. The summed E-state index contributed by atoms with van der Waals surface area (Å²) >= 11 is 0. The van der Waals surface area contributed by atoms with Crippen LogP contribution in [0, 0.1) is 11.8 Å². The number of nitrogens with one attached hydrogen (secondary N) is 2. The Bertz CT molecular complexity index is 413. The van der Waals surface area contributed by atoms with Crippen molar-refractivity contribution in [2.24, 2.45) is 16.8 Å². The van der Waals surface area contributed by atoms with Gasteiger partial charge in [0.1, 0.15) is 0 Å². The predicted octanol–water partition coefficient (Wildman–Crippen LogP) is 1.87. The molecular formula is C17H33N5O. The van der Waals surface area contributed by atoms with Gasteiger partial charge in [0.2, 0.25) is 0 Å². The summed E-state index contributed by atoms with van der Waals surface area (Å²) in [7, 11) is 0. The molecule has 0 amide bonds. The molecule has 23 heavy (non-hydrogen) atoms. The number of rotatable bonds is 11. The van der Waals surface area contributed by atoms with Gasteiger partial charge >= 0.3 is 0 Å². The van der Waals surface area contributed by atoms with Crippen molar-refractivity contribution in [2.75, 3.05) is 26.2 Å². The lowest BCUT2D eigenvalue weighted by atomic mass is 10.0. The average molecular weight is 323 g/mol. The molecule has 2 unspecified atom stereocenters.